The number of benzene rings is 1. The van der Waals surface area contributed by atoms with Gasteiger partial charge < -0.3 is 10.6 Å². The van der Waals surface area contributed by atoms with E-state index in [1.165, 1.54) is 5.56 Å². The van der Waals surface area contributed by atoms with Gasteiger partial charge in [0.15, 0.2) is 0 Å². The van der Waals surface area contributed by atoms with Crippen LogP contribution in [0.1, 0.15) is 32.8 Å². The molecule has 0 aliphatic carbocycles. The van der Waals surface area contributed by atoms with E-state index in [9.17, 15) is 4.79 Å². The molecule has 2 N–H and O–H groups in total. The minimum atomic E-state index is -0.376. The fourth-order valence-corrected chi connectivity index (χ4v) is 2.73. The quantitative estimate of drug-likeness (QED) is 0.885. The highest BCUT2D eigenvalue weighted by Gasteiger charge is 2.31. The second-order valence-electron chi connectivity index (χ2n) is 6.60. The molecule has 1 fully saturated rings. The first kappa shape index (κ1) is 15.0. The number of amides is 1. The number of carbonyl (C=O) groups is 1. The van der Waals surface area contributed by atoms with E-state index in [0.29, 0.717) is 5.92 Å². The number of nitrogens with one attached hydrogen (secondary N) is 2. The zero-order chi connectivity index (χ0) is 14.6. The standard InChI is InChI=1S/C17H26N2O/c1-13-9-10-18-12-15(13)19-16(20)17(2,3)11-14-7-5-4-6-8-14/h4-8,13,15,18H,9-12H2,1-3H3,(H,19,20). The Morgan fingerprint density at radius 1 is 1.35 bits per heavy atom. The molecule has 20 heavy (non-hydrogen) atoms. The van der Waals surface area contributed by atoms with Crippen molar-refractivity contribution in [3.8, 4) is 0 Å². The van der Waals surface area contributed by atoms with Crippen LogP contribution in [0.25, 0.3) is 0 Å². The summed E-state index contributed by atoms with van der Waals surface area (Å²) in [5.41, 5.74) is 0.834. The number of hydrogen-bond donors (Lipinski definition) is 2. The Hall–Kier alpha value is -1.35. The van der Waals surface area contributed by atoms with Gasteiger partial charge in [0, 0.05) is 18.0 Å². The Bertz CT molecular complexity index is 442. The lowest BCUT2D eigenvalue weighted by Crippen LogP contribution is -2.53. The smallest absolute Gasteiger partial charge is 0.226 e. The van der Waals surface area contributed by atoms with Crippen LogP contribution in [0.15, 0.2) is 30.3 Å². The molecule has 1 aromatic rings. The van der Waals surface area contributed by atoms with Gasteiger partial charge in [-0.05, 0) is 30.9 Å². The molecule has 1 aliphatic rings. The van der Waals surface area contributed by atoms with E-state index in [0.717, 1.165) is 25.9 Å². The van der Waals surface area contributed by atoms with E-state index >= 15 is 0 Å². The molecule has 3 heteroatoms. The van der Waals surface area contributed by atoms with Crippen LogP contribution >= 0.6 is 0 Å². The van der Waals surface area contributed by atoms with Gasteiger partial charge in [0.25, 0.3) is 0 Å². The van der Waals surface area contributed by atoms with Gasteiger partial charge in [0.2, 0.25) is 5.91 Å². The van der Waals surface area contributed by atoms with Gasteiger partial charge >= 0.3 is 0 Å². The Labute approximate surface area is 122 Å². The average Bonchev–Trinajstić information content (AvgIpc) is 2.42. The van der Waals surface area contributed by atoms with Crippen LogP contribution in [0.5, 0.6) is 0 Å². The van der Waals surface area contributed by atoms with E-state index in [-0.39, 0.29) is 17.4 Å². The SMILES string of the molecule is CC1CCNCC1NC(=O)C(C)(C)Cc1ccccc1. The molecule has 1 aliphatic heterocycles. The Kier molecular flexibility index (Phi) is 4.81. The highest BCUT2D eigenvalue weighted by Crippen LogP contribution is 2.23. The maximum Gasteiger partial charge on any atom is 0.226 e. The van der Waals surface area contributed by atoms with Gasteiger partial charge in [0.05, 0.1) is 0 Å². The molecule has 1 amide bonds. The normalized spacial score (nSPS) is 23.4. The molecule has 110 valence electrons. The number of hydrogen-bond acceptors (Lipinski definition) is 2. The fraction of sp³-hybridized carbons (Fsp3) is 0.588. The summed E-state index contributed by atoms with van der Waals surface area (Å²) in [4.78, 5) is 12.5. The third kappa shape index (κ3) is 3.83. The van der Waals surface area contributed by atoms with E-state index < -0.39 is 0 Å². The fourth-order valence-electron chi connectivity index (χ4n) is 2.73. The molecular formula is C17H26N2O. The first-order chi connectivity index (χ1) is 9.49. The first-order valence-electron chi connectivity index (χ1n) is 7.54. The second kappa shape index (κ2) is 6.40. The monoisotopic (exact) mass is 274 g/mol. The highest BCUT2D eigenvalue weighted by molar-refractivity contribution is 5.82. The summed E-state index contributed by atoms with van der Waals surface area (Å²) < 4.78 is 0. The number of piperidine rings is 1. The van der Waals surface area contributed by atoms with E-state index in [1.807, 2.05) is 32.0 Å². The van der Waals surface area contributed by atoms with Crippen molar-refractivity contribution in [3.05, 3.63) is 35.9 Å². The highest BCUT2D eigenvalue weighted by atomic mass is 16.2. The van der Waals surface area contributed by atoms with Crippen molar-refractivity contribution in [1.82, 2.24) is 10.6 Å². The summed E-state index contributed by atoms with van der Waals surface area (Å²) >= 11 is 0. The Morgan fingerprint density at radius 3 is 2.70 bits per heavy atom. The predicted octanol–water partition coefficient (Wildman–Crippen LogP) is 2.37. The van der Waals surface area contributed by atoms with Crippen LogP contribution in [-0.4, -0.2) is 25.0 Å². The molecule has 1 aromatic carbocycles. The van der Waals surface area contributed by atoms with Crippen LogP contribution in [0.4, 0.5) is 0 Å². The average molecular weight is 274 g/mol. The lowest BCUT2D eigenvalue weighted by atomic mass is 9.84. The molecule has 1 saturated heterocycles. The van der Waals surface area contributed by atoms with Crippen molar-refractivity contribution >= 4 is 5.91 Å². The van der Waals surface area contributed by atoms with Crippen molar-refractivity contribution in [2.75, 3.05) is 13.1 Å². The van der Waals surface area contributed by atoms with Crippen LogP contribution < -0.4 is 10.6 Å². The molecule has 2 rings (SSSR count). The van der Waals surface area contributed by atoms with Gasteiger partial charge in [-0.1, -0.05) is 51.1 Å². The van der Waals surface area contributed by atoms with Crippen LogP contribution in [0.3, 0.4) is 0 Å². The molecule has 0 aromatic heterocycles. The van der Waals surface area contributed by atoms with E-state index in [2.05, 4.69) is 29.7 Å². The summed E-state index contributed by atoms with van der Waals surface area (Å²) in [5.74, 6) is 0.703. The molecule has 3 nitrogen and oxygen atoms in total. The van der Waals surface area contributed by atoms with Gasteiger partial charge in [-0.15, -0.1) is 0 Å². The van der Waals surface area contributed by atoms with Crippen LogP contribution in [0.2, 0.25) is 0 Å². The zero-order valence-electron chi connectivity index (χ0n) is 12.8. The molecule has 1 heterocycles. The minimum Gasteiger partial charge on any atom is -0.351 e. The molecule has 2 unspecified atom stereocenters. The summed E-state index contributed by atoms with van der Waals surface area (Å²) in [6.07, 6.45) is 1.90. The Balaban J connectivity index is 1.96. The number of carbonyl (C=O) groups excluding carboxylic acids is 1. The largest absolute Gasteiger partial charge is 0.351 e. The lowest BCUT2D eigenvalue weighted by Gasteiger charge is -2.33. The number of rotatable bonds is 4. The van der Waals surface area contributed by atoms with Crippen LogP contribution in [0, 0.1) is 11.3 Å². The predicted molar refractivity (Wildman–Crippen MR) is 82.5 cm³/mol. The summed E-state index contributed by atoms with van der Waals surface area (Å²) in [7, 11) is 0. The maximum absolute atomic E-state index is 12.5. The van der Waals surface area contributed by atoms with Crippen LogP contribution in [-0.2, 0) is 11.2 Å². The van der Waals surface area contributed by atoms with Gasteiger partial charge in [0.1, 0.15) is 0 Å². The van der Waals surface area contributed by atoms with Crippen molar-refractivity contribution in [1.29, 1.82) is 0 Å². The maximum atomic E-state index is 12.5. The topological polar surface area (TPSA) is 41.1 Å². The van der Waals surface area contributed by atoms with Crippen molar-refractivity contribution in [2.24, 2.45) is 11.3 Å². The minimum absolute atomic E-state index is 0.155. The molecule has 2 atom stereocenters. The van der Waals surface area contributed by atoms with Crippen molar-refractivity contribution in [2.45, 2.75) is 39.7 Å². The summed E-state index contributed by atoms with van der Waals surface area (Å²) in [6.45, 7) is 8.21. The zero-order valence-corrected chi connectivity index (χ0v) is 12.8. The van der Waals surface area contributed by atoms with Gasteiger partial charge in [-0.25, -0.2) is 0 Å². The molecule has 0 radical (unpaired) electrons. The molecule has 0 saturated carbocycles. The molecule has 0 spiro atoms. The van der Waals surface area contributed by atoms with E-state index in [4.69, 9.17) is 0 Å². The second-order valence-corrected chi connectivity index (χ2v) is 6.60. The van der Waals surface area contributed by atoms with Crippen molar-refractivity contribution < 1.29 is 4.79 Å². The van der Waals surface area contributed by atoms with E-state index in [1.54, 1.807) is 0 Å². The summed E-state index contributed by atoms with van der Waals surface area (Å²) in [5, 5.41) is 6.58. The Morgan fingerprint density at radius 2 is 2.05 bits per heavy atom. The third-order valence-corrected chi connectivity index (χ3v) is 4.25. The van der Waals surface area contributed by atoms with Gasteiger partial charge in [-0.3, -0.25) is 4.79 Å². The molecule has 0 bridgehead atoms. The molecular weight excluding hydrogens is 248 g/mol. The van der Waals surface area contributed by atoms with Gasteiger partial charge in [-0.2, -0.15) is 0 Å². The van der Waals surface area contributed by atoms with Crippen molar-refractivity contribution in [3.63, 3.8) is 0 Å². The summed E-state index contributed by atoms with van der Waals surface area (Å²) in [6, 6.07) is 10.5. The third-order valence-electron chi connectivity index (χ3n) is 4.25. The lowest BCUT2D eigenvalue weighted by molar-refractivity contribution is -0.130. The first-order valence-corrected chi connectivity index (χ1v) is 7.54.